The van der Waals surface area contributed by atoms with Crippen molar-refractivity contribution in [3.8, 4) is 0 Å². The number of hydrogen-bond donors (Lipinski definition) is 2. The van der Waals surface area contributed by atoms with Crippen LogP contribution in [-0.2, 0) is 13.0 Å². The number of amides is 1. The van der Waals surface area contributed by atoms with Gasteiger partial charge >= 0.3 is 0 Å². The predicted molar refractivity (Wildman–Crippen MR) is 73.9 cm³/mol. The lowest BCUT2D eigenvalue weighted by Gasteiger charge is -2.13. The summed E-state index contributed by atoms with van der Waals surface area (Å²) >= 11 is 0. The van der Waals surface area contributed by atoms with Crippen molar-refractivity contribution in [2.24, 2.45) is 0 Å². The molecule has 5 nitrogen and oxygen atoms in total. The first-order valence-corrected chi connectivity index (χ1v) is 6.39. The average Bonchev–Trinajstić information content (AvgIpc) is 2.97. The number of aryl methyl sites for hydroxylation is 1. The van der Waals surface area contributed by atoms with E-state index in [0.717, 1.165) is 5.76 Å². The third-order valence-corrected chi connectivity index (χ3v) is 2.96. The van der Waals surface area contributed by atoms with Crippen LogP contribution in [0.2, 0.25) is 0 Å². The fraction of sp³-hybridized carbons (Fsp3) is 0.357. The average molecular weight is 261 g/mol. The van der Waals surface area contributed by atoms with E-state index >= 15 is 0 Å². The molecule has 0 aliphatic heterocycles. The Kier molecular flexibility index (Phi) is 3.94. The van der Waals surface area contributed by atoms with Gasteiger partial charge in [-0.25, -0.2) is 0 Å². The number of nitrogens with zero attached hydrogens (tertiary/aromatic N) is 1. The van der Waals surface area contributed by atoms with E-state index in [9.17, 15) is 4.79 Å². The van der Waals surface area contributed by atoms with Gasteiger partial charge in [0.05, 0.1) is 12.0 Å². The second-order valence-corrected chi connectivity index (χ2v) is 4.60. The summed E-state index contributed by atoms with van der Waals surface area (Å²) in [4.78, 5) is 12.2. The molecule has 2 aromatic rings. The maximum absolute atomic E-state index is 12.2. The molecule has 0 radical (unpaired) electrons. The largest absolute Gasteiger partial charge is 0.469 e. The van der Waals surface area contributed by atoms with Crippen LogP contribution in [-0.4, -0.2) is 16.5 Å². The lowest BCUT2D eigenvalue weighted by Crippen LogP contribution is -2.35. The summed E-state index contributed by atoms with van der Waals surface area (Å²) in [5.74, 6) is 0.746. The SMILES string of the molecule is CCn1cc(N)cc1C(=O)NC(C)Cc1ccco1. The zero-order chi connectivity index (χ0) is 13.8. The lowest BCUT2D eigenvalue weighted by molar-refractivity contribution is 0.0930. The Labute approximate surface area is 112 Å². The van der Waals surface area contributed by atoms with Crippen LogP contribution >= 0.6 is 0 Å². The van der Waals surface area contributed by atoms with Gasteiger partial charge in [0.15, 0.2) is 0 Å². The van der Waals surface area contributed by atoms with Crippen LogP contribution in [0, 0.1) is 0 Å². The van der Waals surface area contributed by atoms with Crippen LogP contribution in [0.3, 0.4) is 0 Å². The first-order chi connectivity index (χ1) is 9.10. The van der Waals surface area contributed by atoms with Crippen molar-refractivity contribution in [3.63, 3.8) is 0 Å². The maximum atomic E-state index is 12.2. The van der Waals surface area contributed by atoms with E-state index in [2.05, 4.69) is 5.32 Å². The molecule has 1 amide bonds. The minimum Gasteiger partial charge on any atom is -0.469 e. The van der Waals surface area contributed by atoms with Crippen molar-refractivity contribution in [2.75, 3.05) is 5.73 Å². The third kappa shape index (κ3) is 3.19. The van der Waals surface area contributed by atoms with Crippen LogP contribution in [0.1, 0.15) is 30.1 Å². The predicted octanol–water partition coefficient (Wildman–Crippen LogP) is 2.04. The highest BCUT2D eigenvalue weighted by Crippen LogP contribution is 2.11. The van der Waals surface area contributed by atoms with Gasteiger partial charge in [0.25, 0.3) is 5.91 Å². The minimum absolute atomic E-state index is 0.0000746. The molecule has 2 aromatic heterocycles. The summed E-state index contributed by atoms with van der Waals surface area (Å²) < 4.78 is 7.10. The van der Waals surface area contributed by atoms with Crippen molar-refractivity contribution in [1.82, 2.24) is 9.88 Å². The van der Waals surface area contributed by atoms with Crippen LogP contribution < -0.4 is 11.1 Å². The molecule has 5 heteroatoms. The van der Waals surface area contributed by atoms with Gasteiger partial charge < -0.3 is 20.0 Å². The number of rotatable bonds is 5. The number of carbonyl (C=O) groups is 1. The molecule has 0 saturated carbocycles. The van der Waals surface area contributed by atoms with Gasteiger partial charge in [-0.05, 0) is 32.0 Å². The molecule has 3 N–H and O–H groups in total. The minimum atomic E-state index is -0.113. The van der Waals surface area contributed by atoms with Gasteiger partial charge in [-0.1, -0.05) is 0 Å². The normalized spacial score (nSPS) is 12.3. The Hall–Kier alpha value is -2.17. The zero-order valence-corrected chi connectivity index (χ0v) is 11.2. The summed E-state index contributed by atoms with van der Waals surface area (Å²) in [5, 5.41) is 2.95. The lowest BCUT2D eigenvalue weighted by atomic mass is 10.2. The van der Waals surface area contributed by atoms with E-state index in [-0.39, 0.29) is 11.9 Å². The summed E-state index contributed by atoms with van der Waals surface area (Å²) in [6, 6.07) is 5.43. The van der Waals surface area contributed by atoms with Crippen molar-refractivity contribution >= 4 is 11.6 Å². The topological polar surface area (TPSA) is 73.2 Å². The number of hydrogen-bond acceptors (Lipinski definition) is 3. The summed E-state index contributed by atoms with van der Waals surface area (Å²) in [6.07, 6.45) is 4.07. The molecule has 2 rings (SSSR count). The second kappa shape index (κ2) is 5.65. The maximum Gasteiger partial charge on any atom is 0.268 e. The second-order valence-electron chi connectivity index (χ2n) is 4.60. The number of carbonyl (C=O) groups excluding carboxylic acids is 1. The quantitative estimate of drug-likeness (QED) is 0.865. The van der Waals surface area contributed by atoms with Gasteiger partial charge in [0.2, 0.25) is 0 Å². The smallest absolute Gasteiger partial charge is 0.268 e. The molecule has 19 heavy (non-hydrogen) atoms. The van der Waals surface area contributed by atoms with Crippen LogP contribution in [0.5, 0.6) is 0 Å². The molecule has 0 bridgehead atoms. The third-order valence-electron chi connectivity index (χ3n) is 2.96. The standard InChI is InChI=1S/C14H19N3O2/c1-3-17-9-11(15)8-13(17)14(18)16-10(2)7-12-5-4-6-19-12/h4-6,8-10H,3,7,15H2,1-2H3,(H,16,18). The molecular weight excluding hydrogens is 242 g/mol. The molecule has 0 spiro atoms. The van der Waals surface area contributed by atoms with Crippen molar-refractivity contribution < 1.29 is 9.21 Å². The molecule has 0 aromatic carbocycles. The Balaban J connectivity index is 2.00. The first kappa shape index (κ1) is 13.3. The van der Waals surface area contributed by atoms with Crippen LogP contribution in [0.15, 0.2) is 35.1 Å². The van der Waals surface area contributed by atoms with Crippen LogP contribution in [0.25, 0.3) is 0 Å². The van der Waals surface area contributed by atoms with Gasteiger partial charge in [-0.15, -0.1) is 0 Å². The Morgan fingerprint density at radius 3 is 3.00 bits per heavy atom. The number of anilines is 1. The molecule has 0 saturated heterocycles. The summed E-state index contributed by atoms with van der Waals surface area (Å²) in [5.41, 5.74) is 6.91. The molecule has 0 aliphatic carbocycles. The molecule has 1 unspecified atom stereocenters. The van der Waals surface area contributed by atoms with Gasteiger partial charge in [0, 0.05) is 25.2 Å². The number of nitrogen functional groups attached to an aromatic ring is 1. The fourth-order valence-electron chi connectivity index (χ4n) is 2.06. The van der Waals surface area contributed by atoms with E-state index in [1.807, 2.05) is 30.5 Å². The highest BCUT2D eigenvalue weighted by atomic mass is 16.3. The molecule has 0 fully saturated rings. The zero-order valence-electron chi connectivity index (χ0n) is 11.2. The molecule has 0 aliphatic rings. The van der Waals surface area contributed by atoms with E-state index < -0.39 is 0 Å². The number of aromatic nitrogens is 1. The van der Waals surface area contributed by atoms with E-state index in [0.29, 0.717) is 24.3 Å². The number of nitrogens with one attached hydrogen (secondary N) is 1. The van der Waals surface area contributed by atoms with Gasteiger partial charge in [-0.2, -0.15) is 0 Å². The van der Waals surface area contributed by atoms with Gasteiger partial charge in [0.1, 0.15) is 11.5 Å². The Morgan fingerprint density at radius 1 is 1.58 bits per heavy atom. The highest BCUT2D eigenvalue weighted by Gasteiger charge is 2.15. The van der Waals surface area contributed by atoms with E-state index in [1.165, 1.54) is 0 Å². The molecule has 2 heterocycles. The fourth-order valence-corrected chi connectivity index (χ4v) is 2.06. The number of nitrogens with two attached hydrogens (primary N) is 1. The summed E-state index contributed by atoms with van der Waals surface area (Å²) in [7, 11) is 0. The van der Waals surface area contributed by atoms with Gasteiger partial charge in [-0.3, -0.25) is 4.79 Å². The van der Waals surface area contributed by atoms with Crippen LogP contribution in [0.4, 0.5) is 5.69 Å². The Bertz CT molecular complexity index is 543. The first-order valence-electron chi connectivity index (χ1n) is 6.39. The highest BCUT2D eigenvalue weighted by molar-refractivity contribution is 5.94. The van der Waals surface area contributed by atoms with E-state index in [1.54, 1.807) is 18.5 Å². The summed E-state index contributed by atoms with van der Waals surface area (Å²) in [6.45, 7) is 4.64. The Morgan fingerprint density at radius 2 is 2.37 bits per heavy atom. The van der Waals surface area contributed by atoms with Crippen molar-refractivity contribution in [3.05, 3.63) is 42.1 Å². The molecule has 1 atom stereocenters. The monoisotopic (exact) mass is 261 g/mol. The molecule has 102 valence electrons. The van der Waals surface area contributed by atoms with Crippen molar-refractivity contribution in [2.45, 2.75) is 32.9 Å². The van der Waals surface area contributed by atoms with E-state index in [4.69, 9.17) is 10.2 Å². The number of furan rings is 1. The molecular formula is C14H19N3O2. The van der Waals surface area contributed by atoms with Crippen molar-refractivity contribution in [1.29, 1.82) is 0 Å².